The Balaban J connectivity index is 1.69. The average molecular weight is 464 g/mol. The van der Waals surface area contributed by atoms with E-state index >= 15 is 0 Å². The summed E-state index contributed by atoms with van der Waals surface area (Å²) in [6, 6.07) is -1.26. The summed E-state index contributed by atoms with van der Waals surface area (Å²) in [5.74, 6) is -0.640. The Morgan fingerprint density at radius 1 is 1.03 bits per heavy atom. The summed E-state index contributed by atoms with van der Waals surface area (Å²) in [6.45, 7) is 8.33. The topological polar surface area (TPSA) is 90.1 Å². The lowest BCUT2D eigenvalue weighted by Gasteiger charge is -2.62. The molecule has 3 aliphatic carbocycles. The fourth-order valence-corrected chi connectivity index (χ4v) is 5.85. The molecule has 3 rings (SSSR count). The van der Waals surface area contributed by atoms with Crippen molar-refractivity contribution in [3.05, 3.63) is 12.2 Å². The second-order valence-corrected chi connectivity index (χ2v) is 11.3. The zero-order valence-electron chi connectivity index (χ0n) is 21.6. The van der Waals surface area contributed by atoms with Crippen LogP contribution in [0.15, 0.2) is 17.1 Å². The minimum atomic E-state index is -1.26. The molecule has 0 saturated heterocycles. The quantitative estimate of drug-likeness (QED) is 0.185. The molecular formula is C28H49NO4. The van der Waals surface area contributed by atoms with Crippen LogP contribution in [-0.4, -0.2) is 44.7 Å². The van der Waals surface area contributed by atoms with Crippen LogP contribution in [0.3, 0.4) is 0 Å². The molecule has 33 heavy (non-hydrogen) atoms. The lowest BCUT2D eigenvalue weighted by molar-refractivity contribution is -0.141. The highest BCUT2D eigenvalue weighted by molar-refractivity contribution is 5.96. The molecule has 5 nitrogen and oxygen atoms in total. The van der Waals surface area contributed by atoms with Crippen LogP contribution in [0, 0.1) is 17.3 Å². The lowest BCUT2D eigenvalue weighted by Crippen LogP contribution is -2.65. The SMILES string of the molecule is CCCCCCCCCCCCC/C=C/C(O)C(/N=C1\C[C@@H]2C[C@@H](C2(C)C)[C@]1(C)O)C(=O)O. The Morgan fingerprint density at radius 3 is 2.06 bits per heavy atom. The van der Waals surface area contributed by atoms with Crippen LogP contribution in [0.2, 0.25) is 0 Å². The third-order valence-corrected chi connectivity index (χ3v) is 8.35. The molecule has 3 saturated carbocycles. The van der Waals surface area contributed by atoms with E-state index in [1.807, 2.05) is 6.08 Å². The summed E-state index contributed by atoms with van der Waals surface area (Å²) < 4.78 is 0. The van der Waals surface area contributed by atoms with Crippen LogP contribution in [0.5, 0.6) is 0 Å². The standard InChI is InChI=1S/C28H49NO4/c1-5-6-7-8-9-10-11-12-13-14-15-16-17-18-22(30)25(26(31)32)29-24-20-21-19-23(27(21,2)3)28(24,4)33/h17-18,21-23,25,30,33H,5-16,19-20H2,1-4H3,(H,31,32)/b18-17+,29-24+/t21-,22?,23-,25?,28-/m0/s1. The second-order valence-electron chi connectivity index (χ2n) is 11.3. The van der Waals surface area contributed by atoms with Crippen LogP contribution in [0.4, 0.5) is 0 Å². The molecule has 2 unspecified atom stereocenters. The maximum atomic E-state index is 11.8. The van der Waals surface area contributed by atoms with Gasteiger partial charge in [0.05, 0.1) is 0 Å². The first-order valence-electron chi connectivity index (χ1n) is 13.5. The van der Waals surface area contributed by atoms with Crippen molar-refractivity contribution in [2.45, 2.75) is 135 Å². The summed E-state index contributed by atoms with van der Waals surface area (Å²) in [7, 11) is 0. The van der Waals surface area contributed by atoms with Crippen LogP contribution >= 0.6 is 0 Å². The summed E-state index contributed by atoms with van der Waals surface area (Å²) in [5.41, 5.74) is -0.521. The van der Waals surface area contributed by atoms with E-state index in [-0.39, 0.29) is 11.3 Å². The van der Waals surface area contributed by atoms with Crippen molar-refractivity contribution < 1.29 is 20.1 Å². The maximum absolute atomic E-state index is 11.8. The van der Waals surface area contributed by atoms with E-state index in [0.29, 0.717) is 18.1 Å². The number of aliphatic imine (C=N–C) groups is 1. The highest BCUT2D eigenvalue weighted by Gasteiger charge is 2.61. The lowest BCUT2D eigenvalue weighted by atomic mass is 9.44. The fraction of sp³-hybridized carbons (Fsp3) is 0.857. The number of carbonyl (C=O) groups is 1. The molecule has 0 aromatic carbocycles. The Hall–Kier alpha value is -1.20. The first-order chi connectivity index (χ1) is 15.6. The molecule has 0 aliphatic heterocycles. The van der Waals surface area contributed by atoms with Crippen LogP contribution < -0.4 is 0 Å². The zero-order valence-corrected chi connectivity index (χ0v) is 21.6. The highest BCUT2D eigenvalue weighted by Crippen LogP contribution is 2.61. The smallest absolute Gasteiger partial charge is 0.331 e. The summed E-state index contributed by atoms with van der Waals surface area (Å²) in [4.78, 5) is 16.2. The van der Waals surface area contributed by atoms with Gasteiger partial charge in [-0.2, -0.15) is 0 Å². The van der Waals surface area contributed by atoms with E-state index in [9.17, 15) is 20.1 Å². The first-order valence-corrected chi connectivity index (χ1v) is 13.5. The van der Waals surface area contributed by atoms with Gasteiger partial charge in [-0.25, -0.2) is 4.79 Å². The molecule has 0 aromatic rings. The fourth-order valence-electron chi connectivity index (χ4n) is 5.85. The molecule has 3 N–H and O–H groups in total. The maximum Gasteiger partial charge on any atom is 0.331 e. The van der Waals surface area contributed by atoms with Gasteiger partial charge in [-0.05, 0) is 49.9 Å². The minimum absolute atomic E-state index is 0.0500. The molecule has 3 aliphatic rings. The van der Waals surface area contributed by atoms with E-state index in [1.54, 1.807) is 13.0 Å². The van der Waals surface area contributed by atoms with Gasteiger partial charge in [0.25, 0.3) is 0 Å². The number of fused-ring (bicyclic) bond motifs is 2. The Morgan fingerprint density at radius 2 is 1.58 bits per heavy atom. The Labute approximate surface area is 201 Å². The molecule has 0 radical (unpaired) electrons. The molecule has 0 spiro atoms. The van der Waals surface area contributed by atoms with Crippen LogP contribution in [0.25, 0.3) is 0 Å². The minimum Gasteiger partial charge on any atom is -0.480 e. The average Bonchev–Trinajstić information content (AvgIpc) is 2.74. The number of allylic oxidation sites excluding steroid dienone is 1. The third-order valence-electron chi connectivity index (χ3n) is 8.35. The number of hydrogen-bond donors (Lipinski definition) is 3. The number of carboxylic acids is 1. The van der Waals surface area contributed by atoms with Gasteiger partial charge < -0.3 is 15.3 Å². The van der Waals surface area contributed by atoms with E-state index in [4.69, 9.17) is 0 Å². The zero-order chi connectivity index (χ0) is 24.5. The molecule has 3 fully saturated rings. The molecular weight excluding hydrogens is 414 g/mol. The van der Waals surface area contributed by atoms with Gasteiger partial charge in [0.1, 0.15) is 11.7 Å². The molecule has 2 bridgehead atoms. The van der Waals surface area contributed by atoms with Crippen LogP contribution in [-0.2, 0) is 4.79 Å². The Bertz CT molecular complexity index is 667. The normalized spacial score (nSPS) is 29.2. The van der Waals surface area contributed by atoms with Crippen molar-refractivity contribution >= 4 is 11.7 Å². The van der Waals surface area contributed by atoms with Gasteiger partial charge in [0.15, 0.2) is 6.04 Å². The van der Waals surface area contributed by atoms with E-state index < -0.39 is 23.7 Å². The van der Waals surface area contributed by atoms with Gasteiger partial charge >= 0.3 is 5.97 Å². The van der Waals surface area contributed by atoms with Crippen molar-refractivity contribution in [1.82, 2.24) is 0 Å². The van der Waals surface area contributed by atoms with Gasteiger partial charge in [-0.15, -0.1) is 0 Å². The molecule has 0 amide bonds. The molecule has 190 valence electrons. The highest BCUT2D eigenvalue weighted by atomic mass is 16.4. The van der Waals surface area contributed by atoms with Gasteiger partial charge in [0.2, 0.25) is 0 Å². The number of nitrogens with zero attached hydrogens (tertiary/aromatic N) is 1. The van der Waals surface area contributed by atoms with Crippen molar-refractivity contribution in [3.8, 4) is 0 Å². The molecule has 0 aromatic heterocycles. The van der Waals surface area contributed by atoms with E-state index in [1.165, 1.54) is 64.2 Å². The Kier molecular flexibility index (Phi) is 11.1. The predicted octanol–water partition coefficient (Wildman–Crippen LogP) is 6.32. The predicted molar refractivity (Wildman–Crippen MR) is 136 cm³/mol. The number of rotatable bonds is 16. The second kappa shape index (κ2) is 13.0. The first kappa shape index (κ1) is 28.0. The number of unbranched alkanes of at least 4 members (excludes halogenated alkanes) is 11. The van der Waals surface area contributed by atoms with Crippen molar-refractivity contribution in [1.29, 1.82) is 0 Å². The molecule has 5 atom stereocenters. The van der Waals surface area contributed by atoms with Crippen molar-refractivity contribution in [2.75, 3.05) is 0 Å². The summed E-state index contributed by atoms with van der Waals surface area (Å²) in [5, 5.41) is 31.2. The number of aliphatic hydroxyl groups excluding tert-OH is 1. The van der Waals surface area contributed by atoms with E-state index in [0.717, 1.165) is 19.3 Å². The summed E-state index contributed by atoms with van der Waals surface area (Å²) >= 11 is 0. The number of carboxylic acid groups (broad SMARTS) is 1. The van der Waals surface area contributed by atoms with E-state index in [2.05, 4.69) is 25.8 Å². The largest absolute Gasteiger partial charge is 0.480 e. The van der Waals surface area contributed by atoms with Gasteiger partial charge in [0, 0.05) is 5.71 Å². The van der Waals surface area contributed by atoms with Crippen LogP contribution in [0.1, 0.15) is 118 Å². The molecule has 5 heteroatoms. The molecule has 0 heterocycles. The number of aliphatic carboxylic acids is 1. The van der Waals surface area contributed by atoms with Crippen molar-refractivity contribution in [3.63, 3.8) is 0 Å². The number of aliphatic hydroxyl groups is 2. The van der Waals surface area contributed by atoms with Gasteiger partial charge in [-0.3, -0.25) is 4.99 Å². The monoisotopic (exact) mass is 463 g/mol. The number of hydrogen-bond acceptors (Lipinski definition) is 4. The summed E-state index contributed by atoms with van der Waals surface area (Å²) in [6.07, 6.45) is 18.9. The third kappa shape index (κ3) is 7.65. The van der Waals surface area contributed by atoms with Gasteiger partial charge in [-0.1, -0.05) is 97.1 Å². The van der Waals surface area contributed by atoms with Crippen molar-refractivity contribution in [2.24, 2.45) is 22.2 Å².